The molecule has 0 saturated carbocycles. The van der Waals surface area contributed by atoms with Crippen molar-refractivity contribution < 1.29 is 24.4 Å². The number of carbonyl (C=O) groups is 2. The fourth-order valence-electron chi connectivity index (χ4n) is 1.70. The summed E-state index contributed by atoms with van der Waals surface area (Å²) >= 11 is 0. The minimum absolute atomic E-state index is 0.0250. The van der Waals surface area contributed by atoms with Gasteiger partial charge in [0, 0.05) is 25.0 Å². The normalized spacial score (nSPS) is 11.5. The number of ether oxygens (including phenoxy) is 1. The molecule has 21 heavy (non-hydrogen) atoms. The number of esters is 1. The standard InChI is InChI=1S/C13H16N2O6/c1-8(6-13(18)21-2)5-12(17)14-10-7-9(15(19)20)3-4-11(10)16/h3-4,7-8,16H,5-6H2,1-2H3,(H,14,17). The minimum Gasteiger partial charge on any atom is -0.506 e. The smallest absolute Gasteiger partial charge is 0.305 e. The van der Waals surface area contributed by atoms with E-state index in [2.05, 4.69) is 10.1 Å². The van der Waals surface area contributed by atoms with Crippen molar-refractivity contribution in [2.75, 3.05) is 12.4 Å². The molecule has 2 N–H and O–H groups in total. The number of rotatable bonds is 6. The van der Waals surface area contributed by atoms with Gasteiger partial charge < -0.3 is 15.2 Å². The molecule has 1 amide bonds. The summed E-state index contributed by atoms with van der Waals surface area (Å²) in [5.41, 5.74) is -0.287. The van der Waals surface area contributed by atoms with E-state index in [1.54, 1.807) is 6.92 Å². The van der Waals surface area contributed by atoms with Gasteiger partial charge in [-0.2, -0.15) is 0 Å². The van der Waals surface area contributed by atoms with Crippen molar-refractivity contribution in [2.24, 2.45) is 5.92 Å². The fraction of sp³-hybridized carbons (Fsp3) is 0.385. The molecule has 1 aromatic carbocycles. The van der Waals surface area contributed by atoms with Crippen molar-refractivity contribution in [3.63, 3.8) is 0 Å². The van der Waals surface area contributed by atoms with E-state index in [0.29, 0.717) is 0 Å². The van der Waals surface area contributed by atoms with Crippen molar-refractivity contribution >= 4 is 23.3 Å². The summed E-state index contributed by atoms with van der Waals surface area (Å²) in [5.74, 6) is -1.40. The van der Waals surface area contributed by atoms with Crippen molar-refractivity contribution in [1.29, 1.82) is 0 Å². The first-order valence-corrected chi connectivity index (χ1v) is 6.17. The molecule has 1 rings (SSSR count). The van der Waals surface area contributed by atoms with Crippen molar-refractivity contribution in [2.45, 2.75) is 19.8 Å². The Bertz CT molecular complexity index is 558. The fourth-order valence-corrected chi connectivity index (χ4v) is 1.70. The molecule has 0 radical (unpaired) electrons. The van der Waals surface area contributed by atoms with Gasteiger partial charge in [-0.3, -0.25) is 19.7 Å². The lowest BCUT2D eigenvalue weighted by Gasteiger charge is -2.11. The van der Waals surface area contributed by atoms with Gasteiger partial charge in [-0.25, -0.2) is 0 Å². The topological polar surface area (TPSA) is 119 Å². The van der Waals surface area contributed by atoms with Crippen LogP contribution in [-0.4, -0.2) is 29.0 Å². The van der Waals surface area contributed by atoms with Crippen LogP contribution in [0, 0.1) is 16.0 Å². The van der Waals surface area contributed by atoms with Gasteiger partial charge >= 0.3 is 5.97 Å². The average Bonchev–Trinajstić information content (AvgIpc) is 2.40. The molecule has 0 heterocycles. The van der Waals surface area contributed by atoms with E-state index in [-0.39, 0.29) is 35.9 Å². The van der Waals surface area contributed by atoms with Crippen LogP contribution in [0.25, 0.3) is 0 Å². The molecule has 0 aromatic heterocycles. The van der Waals surface area contributed by atoms with E-state index >= 15 is 0 Å². The molecule has 114 valence electrons. The Labute approximate surface area is 120 Å². The summed E-state index contributed by atoms with van der Waals surface area (Å²) in [4.78, 5) is 32.9. The molecule has 0 spiro atoms. The Balaban J connectivity index is 2.68. The van der Waals surface area contributed by atoms with Crippen LogP contribution < -0.4 is 5.32 Å². The summed E-state index contributed by atoms with van der Waals surface area (Å²) in [5, 5.41) is 22.6. The van der Waals surface area contributed by atoms with E-state index in [9.17, 15) is 24.8 Å². The number of methoxy groups -OCH3 is 1. The number of hydrogen-bond donors (Lipinski definition) is 2. The Morgan fingerprint density at radius 2 is 2.10 bits per heavy atom. The van der Waals surface area contributed by atoms with Crippen molar-refractivity contribution in [3.05, 3.63) is 28.3 Å². The van der Waals surface area contributed by atoms with Crippen LogP contribution in [0.2, 0.25) is 0 Å². The molecule has 1 atom stereocenters. The van der Waals surface area contributed by atoms with E-state index < -0.39 is 16.8 Å². The Morgan fingerprint density at radius 1 is 1.43 bits per heavy atom. The molecule has 0 fully saturated rings. The lowest BCUT2D eigenvalue weighted by molar-refractivity contribution is -0.384. The van der Waals surface area contributed by atoms with E-state index in [1.165, 1.54) is 7.11 Å². The third-order valence-electron chi connectivity index (χ3n) is 2.74. The van der Waals surface area contributed by atoms with Crippen LogP contribution in [0.3, 0.4) is 0 Å². The van der Waals surface area contributed by atoms with Gasteiger partial charge in [0.25, 0.3) is 5.69 Å². The van der Waals surface area contributed by atoms with Crippen LogP contribution in [-0.2, 0) is 14.3 Å². The number of phenols is 1. The molecule has 8 heteroatoms. The summed E-state index contributed by atoms with van der Waals surface area (Å²) in [6.07, 6.45) is 0.113. The maximum absolute atomic E-state index is 11.8. The largest absolute Gasteiger partial charge is 0.506 e. The molecular weight excluding hydrogens is 280 g/mol. The first-order chi connectivity index (χ1) is 9.83. The number of nitrogens with zero attached hydrogens (tertiary/aromatic N) is 1. The zero-order valence-corrected chi connectivity index (χ0v) is 11.7. The number of aromatic hydroxyl groups is 1. The highest BCUT2D eigenvalue weighted by atomic mass is 16.6. The van der Waals surface area contributed by atoms with Crippen LogP contribution in [0.1, 0.15) is 19.8 Å². The van der Waals surface area contributed by atoms with E-state index in [1.807, 2.05) is 0 Å². The Hall–Kier alpha value is -2.64. The van der Waals surface area contributed by atoms with E-state index in [0.717, 1.165) is 18.2 Å². The Morgan fingerprint density at radius 3 is 2.67 bits per heavy atom. The maximum atomic E-state index is 11.8. The second-order valence-electron chi connectivity index (χ2n) is 4.60. The third kappa shape index (κ3) is 5.09. The molecular formula is C13H16N2O6. The van der Waals surface area contributed by atoms with Crippen LogP contribution >= 0.6 is 0 Å². The number of nitrogens with one attached hydrogen (secondary N) is 1. The number of phenolic OH excluding ortho intramolecular Hbond substituents is 1. The van der Waals surface area contributed by atoms with Gasteiger partial charge in [0.15, 0.2) is 0 Å². The van der Waals surface area contributed by atoms with Crippen LogP contribution in [0.15, 0.2) is 18.2 Å². The summed E-state index contributed by atoms with van der Waals surface area (Å²) in [6, 6.07) is 3.33. The first-order valence-electron chi connectivity index (χ1n) is 6.17. The highest BCUT2D eigenvalue weighted by molar-refractivity contribution is 5.93. The highest BCUT2D eigenvalue weighted by Crippen LogP contribution is 2.28. The maximum Gasteiger partial charge on any atom is 0.305 e. The SMILES string of the molecule is COC(=O)CC(C)CC(=O)Nc1cc([N+](=O)[O-])ccc1O. The van der Waals surface area contributed by atoms with Gasteiger partial charge in [-0.1, -0.05) is 6.92 Å². The molecule has 0 aliphatic carbocycles. The molecule has 1 unspecified atom stereocenters. The van der Waals surface area contributed by atoms with Crippen LogP contribution in [0.4, 0.5) is 11.4 Å². The lowest BCUT2D eigenvalue weighted by atomic mass is 10.0. The zero-order chi connectivity index (χ0) is 16.0. The predicted octanol–water partition coefficient (Wildman–Crippen LogP) is 1.83. The second kappa shape index (κ2) is 7.22. The number of carbonyl (C=O) groups excluding carboxylic acids is 2. The summed E-state index contributed by atoms with van der Waals surface area (Å²) in [6.45, 7) is 1.70. The van der Waals surface area contributed by atoms with Gasteiger partial charge in [0.2, 0.25) is 5.91 Å². The first kappa shape index (κ1) is 16.4. The number of amides is 1. The number of non-ortho nitro benzene ring substituents is 1. The van der Waals surface area contributed by atoms with E-state index in [4.69, 9.17) is 0 Å². The van der Waals surface area contributed by atoms with Gasteiger partial charge in [-0.15, -0.1) is 0 Å². The minimum atomic E-state index is -0.630. The van der Waals surface area contributed by atoms with Gasteiger partial charge in [-0.05, 0) is 12.0 Å². The number of benzene rings is 1. The predicted molar refractivity (Wildman–Crippen MR) is 73.8 cm³/mol. The van der Waals surface area contributed by atoms with Gasteiger partial charge in [0.1, 0.15) is 5.75 Å². The lowest BCUT2D eigenvalue weighted by Crippen LogP contribution is -2.17. The monoisotopic (exact) mass is 296 g/mol. The number of hydrogen-bond acceptors (Lipinski definition) is 6. The van der Waals surface area contributed by atoms with Crippen molar-refractivity contribution in [3.8, 4) is 5.75 Å². The third-order valence-corrected chi connectivity index (χ3v) is 2.74. The molecule has 0 aliphatic rings. The van der Waals surface area contributed by atoms with Gasteiger partial charge in [0.05, 0.1) is 17.7 Å². The number of nitro benzene ring substituents is 1. The number of nitro groups is 1. The summed E-state index contributed by atoms with van der Waals surface area (Å²) in [7, 11) is 1.26. The quantitative estimate of drug-likeness (QED) is 0.358. The zero-order valence-electron chi connectivity index (χ0n) is 11.7. The Kier molecular flexibility index (Phi) is 5.65. The molecule has 0 bridgehead atoms. The average molecular weight is 296 g/mol. The van der Waals surface area contributed by atoms with Crippen molar-refractivity contribution in [1.82, 2.24) is 0 Å². The summed E-state index contributed by atoms with van der Waals surface area (Å²) < 4.78 is 4.50. The number of anilines is 1. The highest BCUT2D eigenvalue weighted by Gasteiger charge is 2.16. The second-order valence-corrected chi connectivity index (χ2v) is 4.60. The molecule has 8 nitrogen and oxygen atoms in total. The molecule has 0 aliphatic heterocycles. The molecule has 1 aromatic rings. The molecule has 0 saturated heterocycles. The van der Waals surface area contributed by atoms with Crippen LogP contribution in [0.5, 0.6) is 5.75 Å².